The summed E-state index contributed by atoms with van der Waals surface area (Å²) in [6, 6.07) is 9.86. The highest BCUT2D eigenvalue weighted by Crippen LogP contribution is 2.24. The Morgan fingerprint density at radius 1 is 1.36 bits per heavy atom. The molecule has 3 rings (SSSR count). The summed E-state index contributed by atoms with van der Waals surface area (Å²) in [5.41, 5.74) is 2.77. The van der Waals surface area contributed by atoms with Crippen molar-refractivity contribution in [2.75, 3.05) is 5.75 Å². The van der Waals surface area contributed by atoms with Crippen molar-refractivity contribution in [1.29, 1.82) is 0 Å². The molecule has 142 valence electrons. The van der Waals surface area contributed by atoms with Crippen LogP contribution in [0.4, 0.5) is 11.4 Å². The molecule has 2 aromatic rings. The number of aromatic hydroxyl groups is 1. The Hall–Kier alpha value is -3.31. The van der Waals surface area contributed by atoms with Crippen LogP contribution in [0.15, 0.2) is 47.5 Å². The number of para-hydroxylation sites is 1. The van der Waals surface area contributed by atoms with E-state index in [2.05, 4.69) is 10.4 Å². The molecule has 2 aromatic carbocycles. The SMILES string of the molecule is O=C(NN1C(=O)CSC1=S)c1ccccc1N=Cc1cc([N+](=O)[O-])ccc1O. The van der Waals surface area contributed by atoms with Crippen LogP contribution < -0.4 is 5.43 Å². The van der Waals surface area contributed by atoms with Crippen LogP contribution in [-0.4, -0.2) is 43.1 Å². The molecular weight excluding hydrogens is 404 g/mol. The third kappa shape index (κ3) is 4.15. The number of phenolic OH excluding ortho intramolecular Hbond substituents is 1. The molecule has 2 N–H and O–H groups in total. The Labute approximate surface area is 168 Å². The van der Waals surface area contributed by atoms with E-state index >= 15 is 0 Å². The van der Waals surface area contributed by atoms with Gasteiger partial charge in [-0.3, -0.25) is 30.1 Å². The van der Waals surface area contributed by atoms with Gasteiger partial charge in [-0.15, -0.1) is 0 Å². The fourth-order valence-electron chi connectivity index (χ4n) is 2.30. The number of hydrogen-bond donors (Lipinski definition) is 2. The van der Waals surface area contributed by atoms with E-state index in [1.165, 1.54) is 30.5 Å². The van der Waals surface area contributed by atoms with Crippen molar-refractivity contribution in [3.63, 3.8) is 0 Å². The Morgan fingerprint density at radius 2 is 2.11 bits per heavy atom. The van der Waals surface area contributed by atoms with E-state index < -0.39 is 10.8 Å². The van der Waals surface area contributed by atoms with Gasteiger partial charge in [-0.2, -0.15) is 0 Å². The van der Waals surface area contributed by atoms with Gasteiger partial charge in [0, 0.05) is 23.9 Å². The van der Waals surface area contributed by atoms with Crippen LogP contribution in [-0.2, 0) is 4.79 Å². The molecule has 0 atom stereocenters. The van der Waals surface area contributed by atoms with E-state index in [-0.39, 0.29) is 44.2 Å². The number of phenols is 1. The van der Waals surface area contributed by atoms with Crippen molar-refractivity contribution in [2.24, 2.45) is 4.99 Å². The summed E-state index contributed by atoms with van der Waals surface area (Å²) < 4.78 is 0.251. The largest absolute Gasteiger partial charge is 0.507 e. The number of hydrazine groups is 1. The molecule has 1 aliphatic heterocycles. The summed E-state index contributed by atoms with van der Waals surface area (Å²) in [4.78, 5) is 38.8. The lowest BCUT2D eigenvalue weighted by molar-refractivity contribution is -0.384. The molecular formula is C17H12N4O5S2. The second-order valence-electron chi connectivity index (χ2n) is 5.50. The van der Waals surface area contributed by atoms with Crippen LogP contribution in [0, 0.1) is 10.1 Å². The summed E-state index contributed by atoms with van der Waals surface area (Å²) in [7, 11) is 0. The number of nitrogens with zero attached hydrogens (tertiary/aromatic N) is 3. The number of carbonyl (C=O) groups is 2. The van der Waals surface area contributed by atoms with Crippen molar-refractivity contribution in [1.82, 2.24) is 10.4 Å². The number of carbonyl (C=O) groups excluding carboxylic acids is 2. The van der Waals surface area contributed by atoms with Crippen LogP contribution >= 0.6 is 24.0 Å². The molecule has 0 aliphatic carbocycles. The minimum Gasteiger partial charge on any atom is -0.507 e. The van der Waals surface area contributed by atoms with Crippen LogP contribution in [0.2, 0.25) is 0 Å². The minimum absolute atomic E-state index is 0.122. The van der Waals surface area contributed by atoms with Crippen molar-refractivity contribution in [3.8, 4) is 5.75 Å². The van der Waals surface area contributed by atoms with Crippen molar-refractivity contribution < 1.29 is 19.6 Å². The topological polar surface area (TPSA) is 125 Å². The van der Waals surface area contributed by atoms with Crippen molar-refractivity contribution >= 4 is 57.7 Å². The number of nitro groups is 1. The lowest BCUT2D eigenvalue weighted by Crippen LogP contribution is -2.45. The fraction of sp³-hybridized carbons (Fsp3) is 0.0588. The average molecular weight is 416 g/mol. The number of non-ortho nitro benzene ring substituents is 1. The maximum Gasteiger partial charge on any atom is 0.272 e. The van der Waals surface area contributed by atoms with Gasteiger partial charge in [-0.25, -0.2) is 5.01 Å². The molecule has 1 aliphatic rings. The van der Waals surface area contributed by atoms with Gasteiger partial charge in [0.05, 0.1) is 21.9 Å². The highest BCUT2D eigenvalue weighted by Gasteiger charge is 2.29. The molecule has 1 fully saturated rings. The van der Waals surface area contributed by atoms with Gasteiger partial charge < -0.3 is 5.11 Å². The van der Waals surface area contributed by atoms with E-state index in [1.807, 2.05) is 0 Å². The quantitative estimate of drug-likeness (QED) is 0.332. The monoisotopic (exact) mass is 416 g/mol. The lowest BCUT2D eigenvalue weighted by atomic mass is 10.1. The highest BCUT2D eigenvalue weighted by molar-refractivity contribution is 8.23. The Kier molecular flexibility index (Phi) is 5.66. The number of aliphatic imine (C=N–C) groups is 1. The molecule has 0 saturated carbocycles. The summed E-state index contributed by atoms with van der Waals surface area (Å²) in [6.07, 6.45) is 1.22. The maximum absolute atomic E-state index is 12.5. The standard InChI is InChI=1S/C17H12N4O5S2/c22-14-6-5-11(21(25)26)7-10(14)8-18-13-4-2-1-3-12(13)16(24)19-20-15(23)9-28-17(20)27/h1-8,22H,9H2,(H,19,24). The number of nitro benzene ring substituents is 1. The number of rotatable bonds is 5. The number of benzene rings is 2. The second kappa shape index (κ2) is 8.15. The van der Waals surface area contributed by atoms with E-state index in [1.54, 1.807) is 18.2 Å². The number of amides is 2. The molecule has 1 heterocycles. The third-order valence-corrected chi connectivity index (χ3v) is 5.03. The molecule has 0 bridgehead atoms. The molecule has 0 aromatic heterocycles. The van der Waals surface area contributed by atoms with Gasteiger partial charge >= 0.3 is 0 Å². The Balaban J connectivity index is 1.86. The predicted octanol–water partition coefficient (Wildman–Crippen LogP) is 2.56. The average Bonchev–Trinajstić information content (AvgIpc) is 2.99. The number of thiocarbonyl (C=S) groups is 1. The van der Waals surface area contributed by atoms with E-state index in [4.69, 9.17) is 12.2 Å². The number of thioether (sulfide) groups is 1. The minimum atomic E-state index is -0.591. The van der Waals surface area contributed by atoms with Gasteiger partial charge in [-0.05, 0) is 18.2 Å². The number of hydrogen-bond acceptors (Lipinski definition) is 8. The smallest absolute Gasteiger partial charge is 0.272 e. The van der Waals surface area contributed by atoms with Crippen LogP contribution in [0.25, 0.3) is 0 Å². The van der Waals surface area contributed by atoms with Gasteiger partial charge in [0.15, 0.2) is 4.32 Å². The van der Waals surface area contributed by atoms with Gasteiger partial charge in [0.25, 0.3) is 17.5 Å². The molecule has 2 amide bonds. The Bertz CT molecular complexity index is 1010. The van der Waals surface area contributed by atoms with Crippen molar-refractivity contribution in [3.05, 3.63) is 63.7 Å². The first-order chi connectivity index (χ1) is 13.4. The molecule has 0 unspecified atom stereocenters. The Morgan fingerprint density at radius 3 is 2.79 bits per heavy atom. The summed E-state index contributed by atoms with van der Waals surface area (Å²) >= 11 is 6.17. The highest BCUT2D eigenvalue weighted by atomic mass is 32.2. The van der Waals surface area contributed by atoms with Gasteiger partial charge in [0.1, 0.15) is 5.75 Å². The maximum atomic E-state index is 12.5. The third-order valence-electron chi connectivity index (χ3n) is 3.68. The van der Waals surface area contributed by atoms with Gasteiger partial charge in [-0.1, -0.05) is 36.1 Å². The van der Waals surface area contributed by atoms with Crippen LogP contribution in [0.1, 0.15) is 15.9 Å². The zero-order valence-electron chi connectivity index (χ0n) is 14.1. The fourth-order valence-corrected chi connectivity index (χ4v) is 3.28. The first kappa shape index (κ1) is 19.5. The molecule has 11 heteroatoms. The first-order valence-corrected chi connectivity index (χ1v) is 9.17. The van der Waals surface area contributed by atoms with E-state index in [0.29, 0.717) is 0 Å². The summed E-state index contributed by atoms with van der Waals surface area (Å²) in [5.74, 6) is -0.952. The summed E-state index contributed by atoms with van der Waals surface area (Å²) in [6.45, 7) is 0. The van der Waals surface area contributed by atoms with Crippen LogP contribution in [0.3, 0.4) is 0 Å². The summed E-state index contributed by atoms with van der Waals surface area (Å²) in [5, 5.41) is 21.8. The second-order valence-corrected chi connectivity index (χ2v) is 7.11. The molecule has 9 nitrogen and oxygen atoms in total. The van der Waals surface area contributed by atoms with E-state index in [0.717, 1.165) is 16.8 Å². The van der Waals surface area contributed by atoms with Crippen molar-refractivity contribution in [2.45, 2.75) is 0 Å². The first-order valence-electron chi connectivity index (χ1n) is 7.78. The van der Waals surface area contributed by atoms with Gasteiger partial charge in [0.2, 0.25) is 0 Å². The predicted molar refractivity (Wildman–Crippen MR) is 108 cm³/mol. The number of nitrogens with one attached hydrogen (secondary N) is 1. The zero-order chi connectivity index (χ0) is 20.3. The lowest BCUT2D eigenvalue weighted by Gasteiger charge is -2.16. The normalized spacial score (nSPS) is 13.9. The zero-order valence-corrected chi connectivity index (χ0v) is 15.7. The van der Waals surface area contributed by atoms with Crippen LogP contribution in [0.5, 0.6) is 5.75 Å². The molecule has 28 heavy (non-hydrogen) atoms. The molecule has 0 radical (unpaired) electrons. The van der Waals surface area contributed by atoms with E-state index in [9.17, 15) is 24.8 Å². The molecule has 1 saturated heterocycles. The molecule has 0 spiro atoms.